The molecule has 14 heteroatoms. The number of ether oxygens (including phenoxy) is 2. The highest BCUT2D eigenvalue weighted by Gasteiger charge is 2.58. The molecule has 0 aliphatic carbocycles. The summed E-state index contributed by atoms with van der Waals surface area (Å²) in [6.07, 6.45) is 5.60. The van der Waals surface area contributed by atoms with Gasteiger partial charge in [0.1, 0.15) is 34.9 Å². The number of halogens is 1. The molecule has 2 amide bonds. The van der Waals surface area contributed by atoms with E-state index < -0.39 is 31.7 Å². The maximum atomic E-state index is 17.3. The molecule has 2 bridgehead atoms. The summed E-state index contributed by atoms with van der Waals surface area (Å²) in [6, 6.07) is 11.5. The summed E-state index contributed by atoms with van der Waals surface area (Å²) < 4.78 is 35.9. The van der Waals surface area contributed by atoms with Crippen LogP contribution in [0.2, 0.25) is 18.1 Å². The van der Waals surface area contributed by atoms with E-state index in [9.17, 15) is 9.59 Å². The predicted molar refractivity (Wildman–Crippen MR) is 214 cm³/mol. The Kier molecular flexibility index (Phi) is 10.4. The molecule has 3 atom stereocenters. The molecule has 7 rings (SSSR count). The van der Waals surface area contributed by atoms with Crippen molar-refractivity contribution in [2.45, 2.75) is 102 Å². The van der Waals surface area contributed by atoms with Gasteiger partial charge in [0.05, 0.1) is 24.6 Å². The molecule has 2 N–H and O–H groups in total. The summed E-state index contributed by atoms with van der Waals surface area (Å²) in [5.74, 6) is -0.212. The van der Waals surface area contributed by atoms with Gasteiger partial charge in [0.15, 0.2) is 5.82 Å². The fourth-order valence-corrected chi connectivity index (χ4v) is 9.02. The molecule has 0 saturated carbocycles. The van der Waals surface area contributed by atoms with Gasteiger partial charge in [0.2, 0.25) is 14.2 Å². The van der Waals surface area contributed by atoms with E-state index in [4.69, 9.17) is 34.6 Å². The van der Waals surface area contributed by atoms with Gasteiger partial charge in [0.25, 0.3) is 0 Å². The number of carbonyl (C=O) groups is 2. The number of fused-ring (bicyclic) bond motifs is 4. The molecule has 3 fully saturated rings. The number of nitrogens with zero attached hydrogens (tertiary/aromatic N) is 6. The minimum Gasteiger partial charge on any atom is -0.543 e. The Balaban J connectivity index is 1.33. The number of carbonyl (C=O) groups excluding carboxylic acids is 2. The second kappa shape index (κ2) is 14.8. The summed E-state index contributed by atoms with van der Waals surface area (Å²) >= 11 is 0. The zero-order valence-corrected chi connectivity index (χ0v) is 34.2. The van der Waals surface area contributed by atoms with Crippen molar-refractivity contribution >= 4 is 47.8 Å². The number of aromatic nitrogens is 3. The van der Waals surface area contributed by atoms with Crippen LogP contribution in [0.1, 0.15) is 66.2 Å². The summed E-state index contributed by atoms with van der Waals surface area (Å²) in [6.45, 7) is 14.9. The van der Waals surface area contributed by atoms with E-state index >= 15 is 4.39 Å². The average molecular weight is 772 g/mol. The molecule has 2 aromatic heterocycles. The first kappa shape index (κ1) is 38.7. The lowest BCUT2D eigenvalue weighted by atomic mass is 9.94. The number of piperazine rings is 1. The maximum absolute atomic E-state index is 17.3. The van der Waals surface area contributed by atoms with E-state index in [-0.39, 0.29) is 47.5 Å². The van der Waals surface area contributed by atoms with Gasteiger partial charge in [-0.2, -0.15) is 9.97 Å². The minimum atomic E-state index is -2.24. The van der Waals surface area contributed by atoms with Gasteiger partial charge in [-0.1, -0.05) is 58.4 Å². The third-order valence-corrected chi connectivity index (χ3v) is 16.6. The minimum absolute atomic E-state index is 0.0283. The molecule has 3 aliphatic heterocycles. The van der Waals surface area contributed by atoms with Crippen LogP contribution in [-0.4, -0.2) is 103 Å². The van der Waals surface area contributed by atoms with Crippen LogP contribution in [0.3, 0.4) is 0 Å². The van der Waals surface area contributed by atoms with Crippen molar-refractivity contribution in [3.8, 4) is 23.0 Å². The van der Waals surface area contributed by atoms with E-state index in [0.29, 0.717) is 48.5 Å². The van der Waals surface area contributed by atoms with Crippen molar-refractivity contribution in [3.05, 3.63) is 48.4 Å². The number of primary amides is 1. The lowest BCUT2D eigenvalue weighted by Crippen LogP contribution is -2.68. The third kappa shape index (κ3) is 7.18. The summed E-state index contributed by atoms with van der Waals surface area (Å²) in [5.41, 5.74) is 5.54. The van der Waals surface area contributed by atoms with Gasteiger partial charge in [-0.25, -0.2) is 9.18 Å². The average Bonchev–Trinajstić information content (AvgIpc) is 3.66. The number of pyridine rings is 1. The molecule has 12 nitrogen and oxygen atoms in total. The number of anilines is 1. The molecule has 0 spiro atoms. The van der Waals surface area contributed by atoms with Gasteiger partial charge in [0, 0.05) is 24.3 Å². The number of hydrogen-bond donors (Lipinski definition) is 1. The highest BCUT2D eigenvalue weighted by atomic mass is 28.4. The zero-order chi connectivity index (χ0) is 39.3. The van der Waals surface area contributed by atoms with Crippen LogP contribution in [-0.2, 0) is 9.53 Å². The normalized spacial score (nSPS) is 21.7. The Morgan fingerprint density at radius 2 is 1.89 bits per heavy atom. The van der Waals surface area contributed by atoms with Crippen molar-refractivity contribution in [1.29, 1.82) is 0 Å². The van der Waals surface area contributed by atoms with Gasteiger partial charge in [-0.3, -0.25) is 14.7 Å². The Hall–Kier alpha value is -4.56. The van der Waals surface area contributed by atoms with Crippen LogP contribution in [0.5, 0.6) is 11.8 Å². The first-order valence-electron chi connectivity index (χ1n) is 19.6. The zero-order valence-electron chi connectivity index (χ0n) is 33.2. The number of benzene rings is 2. The van der Waals surface area contributed by atoms with Crippen LogP contribution in [0.15, 0.2) is 42.6 Å². The Labute approximate surface area is 323 Å². The highest BCUT2D eigenvalue weighted by Crippen LogP contribution is 2.44. The largest absolute Gasteiger partial charge is 0.543 e. The number of amides is 2. The van der Waals surface area contributed by atoms with E-state index in [2.05, 4.69) is 45.8 Å². The topological polar surface area (TPSA) is 136 Å². The first-order chi connectivity index (χ1) is 26.1. The van der Waals surface area contributed by atoms with Gasteiger partial charge in [-0.15, -0.1) is 0 Å². The number of hydrogen-bond acceptors (Lipinski definition) is 10. The van der Waals surface area contributed by atoms with Gasteiger partial charge in [-0.05, 0) is 86.7 Å². The van der Waals surface area contributed by atoms with Crippen molar-refractivity contribution in [1.82, 2.24) is 24.8 Å². The van der Waals surface area contributed by atoms with Gasteiger partial charge < -0.3 is 29.4 Å². The van der Waals surface area contributed by atoms with Crippen LogP contribution in [0.25, 0.3) is 32.9 Å². The Morgan fingerprint density at radius 1 is 1.11 bits per heavy atom. The van der Waals surface area contributed by atoms with Crippen molar-refractivity contribution < 1.29 is 27.9 Å². The van der Waals surface area contributed by atoms with Crippen molar-refractivity contribution in [2.75, 3.05) is 44.8 Å². The van der Waals surface area contributed by atoms with Gasteiger partial charge >= 0.3 is 12.1 Å². The molecule has 294 valence electrons. The van der Waals surface area contributed by atoms with E-state index in [1.807, 2.05) is 48.2 Å². The van der Waals surface area contributed by atoms with Crippen LogP contribution in [0.4, 0.5) is 15.0 Å². The third-order valence-electron chi connectivity index (χ3n) is 12.3. The smallest absolute Gasteiger partial charge is 0.411 e. The molecule has 5 heterocycles. The maximum Gasteiger partial charge on any atom is 0.411 e. The fraction of sp³-hybridized carbons (Fsp3) is 0.537. The summed E-state index contributed by atoms with van der Waals surface area (Å²) in [5, 5.41) is 2.05. The molecular formula is C41H54FN7O5Si. The number of rotatable bonds is 11. The second-order valence-electron chi connectivity index (χ2n) is 17.0. The van der Waals surface area contributed by atoms with Crippen molar-refractivity contribution in [3.63, 3.8) is 0 Å². The molecule has 2 unspecified atom stereocenters. The molecule has 55 heavy (non-hydrogen) atoms. The number of unbranched alkanes of at least 4 members (excludes halogenated alkanes) is 1. The molecule has 3 aliphatic rings. The number of likely N-dealkylation sites (tertiary alicyclic amines) is 1. The summed E-state index contributed by atoms with van der Waals surface area (Å²) in [7, 11) is -0.181. The number of nitrogens with two attached hydrogens (primary N) is 1. The molecular weight excluding hydrogens is 718 g/mol. The van der Waals surface area contributed by atoms with E-state index in [0.717, 1.165) is 43.0 Å². The molecule has 0 radical (unpaired) electrons. The highest BCUT2D eigenvalue weighted by molar-refractivity contribution is 6.74. The standard InChI is InChI=1S/C41H54FN7O5Si/c1-8-9-19-52-39(51)49-27-16-17-41(49,37(43)50)25-48(23-27)36-32-22-44-34(33(42)35(32)45-38(46-36)53-24-28-14-12-18-47(28)5)31-21-29(54-55(6,7)40(2,3)4)20-26-13-10-11-15-30(26)31/h10-11,13,15,20-22,27-28H,8-9,12,14,16-19,23-25H2,1-7H3,(H2,43,50)/t27?,28-,41?/m0/s1. The van der Waals surface area contributed by atoms with Crippen molar-refractivity contribution in [2.24, 2.45) is 5.73 Å². The predicted octanol–water partition coefficient (Wildman–Crippen LogP) is 7.29. The van der Waals surface area contributed by atoms with Crippen LogP contribution < -0.4 is 19.8 Å². The first-order valence-corrected chi connectivity index (χ1v) is 22.5. The quantitative estimate of drug-likeness (QED) is 0.122. The van der Waals surface area contributed by atoms with E-state index in [1.165, 1.54) is 4.90 Å². The molecule has 4 aromatic rings. The lowest BCUT2D eigenvalue weighted by molar-refractivity contribution is -0.128. The lowest BCUT2D eigenvalue weighted by Gasteiger charge is -2.46. The Morgan fingerprint density at radius 3 is 2.60 bits per heavy atom. The van der Waals surface area contributed by atoms with Crippen LogP contribution >= 0.6 is 0 Å². The fourth-order valence-electron chi connectivity index (χ4n) is 8.01. The second-order valence-corrected chi connectivity index (χ2v) is 21.7. The summed E-state index contributed by atoms with van der Waals surface area (Å²) in [4.78, 5) is 46.7. The molecule has 2 aromatic carbocycles. The van der Waals surface area contributed by atoms with E-state index in [1.54, 1.807) is 6.20 Å². The number of likely N-dealkylation sites (N-methyl/N-ethyl adjacent to an activating group) is 1. The van der Waals surface area contributed by atoms with Crippen LogP contribution in [0, 0.1) is 5.82 Å². The monoisotopic (exact) mass is 771 g/mol. The SMILES string of the molecule is CCCCOC(=O)N1C2CCC1(C(N)=O)CN(c1nc(OC[C@@H]3CCCN3C)nc3c(F)c(-c4cc(O[Si](C)(C)C(C)(C)C)cc5ccccc45)ncc13)C2. The Bertz CT molecular complexity index is 2110. The molecule has 3 saturated heterocycles.